The van der Waals surface area contributed by atoms with Gasteiger partial charge in [-0.25, -0.2) is 4.99 Å². The normalized spacial score (nSPS) is 10.8. The largest absolute Gasteiger partial charge is 0.356 e. The van der Waals surface area contributed by atoms with Crippen molar-refractivity contribution in [2.45, 2.75) is 19.4 Å². The zero-order valence-electron chi connectivity index (χ0n) is 16.3. The van der Waals surface area contributed by atoms with Crippen molar-refractivity contribution in [3.8, 4) is 0 Å². The van der Waals surface area contributed by atoms with Gasteiger partial charge >= 0.3 is 0 Å². The number of carbonyl (C=O) groups is 1. The summed E-state index contributed by atoms with van der Waals surface area (Å²) in [4.78, 5) is 18.0. The molecule has 0 fully saturated rings. The molecule has 0 aliphatic carbocycles. The second-order valence-electron chi connectivity index (χ2n) is 6.45. The Hall–Kier alpha value is -1.61. The predicted octanol–water partition coefficient (Wildman–Crippen LogP) is 3.82. The summed E-state index contributed by atoms with van der Waals surface area (Å²) in [6.45, 7) is 1.56. The van der Waals surface area contributed by atoms with E-state index in [-0.39, 0.29) is 36.4 Å². The van der Waals surface area contributed by atoms with Gasteiger partial charge in [0.1, 0.15) is 0 Å². The van der Waals surface area contributed by atoms with Crippen molar-refractivity contribution in [1.29, 1.82) is 0 Å². The summed E-state index contributed by atoms with van der Waals surface area (Å²) in [5.74, 6) is 0.665. The summed E-state index contributed by atoms with van der Waals surface area (Å²) < 4.78 is 1.05. The second-order valence-corrected chi connectivity index (χ2v) is 7.36. The molecule has 2 rings (SSSR count). The van der Waals surface area contributed by atoms with Crippen LogP contribution in [0.5, 0.6) is 0 Å². The van der Waals surface area contributed by atoms with Gasteiger partial charge in [-0.05, 0) is 36.1 Å². The molecular weight excluding hydrogens is 531 g/mol. The Bertz CT molecular complexity index is 736. The highest BCUT2D eigenvalue weighted by atomic mass is 127. The molecule has 2 aromatic rings. The van der Waals surface area contributed by atoms with Gasteiger partial charge in [0.15, 0.2) is 5.96 Å². The molecule has 0 aliphatic heterocycles. The van der Waals surface area contributed by atoms with Crippen LogP contribution < -0.4 is 10.6 Å². The first-order valence-corrected chi connectivity index (χ1v) is 9.84. The number of aliphatic imine (C=N–C) groups is 1. The molecule has 5 nitrogen and oxygen atoms in total. The maximum atomic E-state index is 11.8. The Balaban J connectivity index is 0.00000392. The minimum absolute atomic E-state index is 0. The minimum atomic E-state index is 0. The van der Waals surface area contributed by atoms with Crippen molar-refractivity contribution in [2.75, 3.05) is 27.2 Å². The summed E-state index contributed by atoms with van der Waals surface area (Å²) in [5.41, 5.74) is 2.44. The monoisotopic (exact) mass is 558 g/mol. The molecule has 0 aromatic heterocycles. The molecule has 0 spiro atoms. The van der Waals surface area contributed by atoms with E-state index in [1.807, 2.05) is 30.3 Å². The fraction of sp³-hybridized carbons (Fsp3) is 0.333. The molecule has 28 heavy (non-hydrogen) atoms. The first-order valence-electron chi connectivity index (χ1n) is 9.05. The zero-order chi connectivity index (χ0) is 19.5. The number of guanidine groups is 1. The number of benzene rings is 2. The maximum Gasteiger partial charge on any atom is 0.241 e. The highest BCUT2D eigenvalue weighted by Crippen LogP contribution is 2.11. The summed E-state index contributed by atoms with van der Waals surface area (Å²) in [6.07, 6.45) is 2.00. The van der Waals surface area contributed by atoms with Gasteiger partial charge in [-0.15, -0.1) is 24.0 Å². The molecule has 0 aliphatic rings. The molecular formula is C21H28BrIN4O. The number of nitrogens with one attached hydrogen (secondary N) is 2. The van der Waals surface area contributed by atoms with E-state index in [4.69, 9.17) is 0 Å². The van der Waals surface area contributed by atoms with Gasteiger partial charge in [0.2, 0.25) is 5.91 Å². The molecule has 2 aromatic carbocycles. The lowest BCUT2D eigenvalue weighted by Gasteiger charge is -2.15. The molecule has 152 valence electrons. The molecule has 0 heterocycles. The van der Waals surface area contributed by atoms with Crippen LogP contribution in [0.1, 0.15) is 17.5 Å². The van der Waals surface area contributed by atoms with E-state index in [1.54, 1.807) is 19.0 Å². The van der Waals surface area contributed by atoms with E-state index < -0.39 is 0 Å². The van der Waals surface area contributed by atoms with E-state index in [0.717, 1.165) is 29.4 Å². The fourth-order valence-electron chi connectivity index (χ4n) is 2.40. The smallest absolute Gasteiger partial charge is 0.241 e. The van der Waals surface area contributed by atoms with Gasteiger partial charge in [0.05, 0.1) is 13.1 Å². The maximum absolute atomic E-state index is 11.8. The van der Waals surface area contributed by atoms with Gasteiger partial charge in [0, 0.05) is 25.1 Å². The summed E-state index contributed by atoms with van der Waals surface area (Å²) >= 11 is 3.44. The minimum Gasteiger partial charge on any atom is -0.356 e. The van der Waals surface area contributed by atoms with Crippen LogP contribution in [0.25, 0.3) is 0 Å². The second kappa shape index (κ2) is 13.5. The number of amides is 1. The van der Waals surface area contributed by atoms with Crippen LogP contribution in [-0.2, 0) is 17.8 Å². The zero-order valence-corrected chi connectivity index (χ0v) is 20.2. The fourth-order valence-corrected chi connectivity index (χ4v) is 2.66. The third kappa shape index (κ3) is 9.54. The van der Waals surface area contributed by atoms with E-state index >= 15 is 0 Å². The number of halogens is 2. The van der Waals surface area contributed by atoms with Gasteiger partial charge < -0.3 is 15.5 Å². The third-order valence-electron chi connectivity index (χ3n) is 4.02. The first kappa shape index (κ1) is 24.4. The SMILES string of the molecule is CN(C)C(=O)CNC(=NCc1ccc(Br)cc1)NCCCc1ccccc1.I. The highest BCUT2D eigenvalue weighted by Gasteiger charge is 2.06. The molecule has 0 saturated carbocycles. The van der Waals surface area contributed by atoms with E-state index in [0.29, 0.717) is 12.5 Å². The Morgan fingerprint density at radius 3 is 2.32 bits per heavy atom. The molecule has 0 saturated heterocycles. The Morgan fingerprint density at radius 1 is 1.00 bits per heavy atom. The molecule has 7 heteroatoms. The van der Waals surface area contributed by atoms with E-state index in [2.05, 4.69) is 55.8 Å². The summed E-state index contributed by atoms with van der Waals surface area (Å²) in [6, 6.07) is 18.5. The van der Waals surface area contributed by atoms with Crippen LogP contribution in [0.15, 0.2) is 64.1 Å². The van der Waals surface area contributed by atoms with Crippen LogP contribution in [-0.4, -0.2) is 44.0 Å². The van der Waals surface area contributed by atoms with E-state index in [9.17, 15) is 4.79 Å². The standard InChI is InChI=1S/C21H27BrN4O.HI/c1-26(2)20(27)16-25-21(24-15-18-10-12-19(22)13-11-18)23-14-6-9-17-7-4-3-5-8-17;/h3-5,7-8,10-13H,6,9,14-16H2,1-2H3,(H2,23,24,25);1H. The number of aryl methyl sites for hydroxylation is 1. The number of likely N-dealkylation sites (N-methyl/N-ethyl adjacent to an activating group) is 1. The van der Waals surface area contributed by atoms with Gasteiger partial charge in [-0.2, -0.15) is 0 Å². The number of carbonyl (C=O) groups excluding carboxylic acids is 1. The number of hydrogen-bond acceptors (Lipinski definition) is 2. The average molecular weight is 559 g/mol. The van der Waals surface area contributed by atoms with Crippen molar-refractivity contribution in [1.82, 2.24) is 15.5 Å². The Labute approximate surface area is 193 Å². The van der Waals surface area contributed by atoms with Crippen molar-refractivity contribution in [2.24, 2.45) is 4.99 Å². The number of hydrogen-bond donors (Lipinski definition) is 2. The summed E-state index contributed by atoms with van der Waals surface area (Å²) in [5, 5.41) is 6.44. The summed E-state index contributed by atoms with van der Waals surface area (Å²) in [7, 11) is 3.49. The van der Waals surface area contributed by atoms with Crippen molar-refractivity contribution >= 4 is 51.8 Å². The molecule has 1 amide bonds. The highest BCUT2D eigenvalue weighted by molar-refractivity contribution is 14.0. The van der Waals surface area contributed by atoms with E-state index in [1.165, 1.54) is 5.56 Å². The molecule has 2 N–H and O–H groups in total. The Kier molecular flexibility index (Phi) is 11.8. The Morgan fingerprint density at radius 2 is 1.68 bits per heavy atom. The first-order chi connectivity index (χ1) is 13.0. The molecule has 0 atom stereocenters. The molecule has 0 bridgehead atoms. The molecule has 0 unspecified atom stereocenters. The predicted molar refractivity (Wildman–Crippen MR) is 130 cm³/mol. The lowest BCUT2D eigenvalue weighted by atomic mass is 10.1. The quantitative estimate of drug-likeness (QED) is 0.224. The lowest BCUT2D eigenvalue weighted by Crippen LogP contribution is -2.43. The van der Waals surface area contributed by atoms with Crippen LogP contribution in [0.4, 0.5) is 0 Å². The number of nitrogens with zero attached hydrogens (tertiary/aromatic N) is 2. The van der Waals surface area contributed by atoms with Crippen molar-refractivity contribution in [3.63, 3.8) is 0 Å². The topological polar surface area (TPSA) is 56.7 Å². The van der Waals surface area contributed by atoms with Crippen LogP contribution in [0.3, 0.4) is 0 Å². The molecule has 0 radical (unpaired) electrons. The van der Waals surface area contributed by atoms with Crippen molar-refractivity contribution < 1.29 is 4.79 Å². The van der Waals surface area contributed by atoms with Crippen LogP contribution in [0.2, 0.25) is 0 Å². The van der Waals surface area contributed by atoms with Gasteiger partial charge in [0.25, 0.3) is 0 Å². The van der Waals surface area contributed by atoms with Crippen molar-refractivity contribution in [3.05, 3.63) is 70.2 Å². The van der Waals surface area contributed by atoms with Crippen LogP contribution >= 0.6 is 39.9 Å². The number of rotatable bonds is 8. The van der Waals surface area contributed by atoms with Crippen LogP contribution in [0, 0.1) is 0 Å². The van der Waals surface area contributed by atoms with Gasteiger partial charge in [-0.3, -0.25) is 4.79 Å². The third-order valence-corrected chi connectivity index (χ3v) is 4.55. The van der Waals surface area contributed by atoms with Gasteiger partial charge in [-0.1, -0.05) is 58.4 Å². The average Bonchev–Trinajstić information content (AvgIpc) is 2.68. The lowest BCUT2D eigenvalue weighted by molar-refractivity contribution is -0.127.